The molecule has 3 rings (SSSR count). The largest absolute Gasteiger partial charge is 0.494 e. The lowest BCUT2D eigenvalue weighted by Crippen LogP contribution is -2.25. The molecule has 0 fully saturated rings. The van der Waals surface area contributed by atoms with Crippen LogP contribution in [0.5, 0.6) is 5.75 Å². The van der Waals surface area contributed by atoms with Crippen LogP contribution in [0.2, 0.25) is 0 Å². The third kappa shape index (κ3) is 4.65. The molecule has 1 amide bonds. The van der Waals surface area contributed by atoms with E-state index in [1.54, 1.807) is 19.1 Å². The van der Waals surface area contributed by atoms with Crippen LogP contribution in [0.3, 0.4) is 0 Å². The highest BCUT2D eigenvalue weighted by molar-refractivity contribution is 5.98. The van der Waals surface area contributed by atoms with Crippen molar-refractivity contribution in [1.82, 2.24) is 30.4 Å². The summed E-state index contributed by atoms with van der Waals surface area (Å²) in [5.74, 6) is 0.408. The average Bonchev–Trinajstić information content (AvgIpc) is 3.21. The lowest BCUT2D eigenvalue weighted by atomic mass is 10.1. The zero-order valence-electron chi connectivity index (χ0n) is 16.0. The van der Waals surface area contributed by atoms with Crippen LogP contribution >= 0.6 is 0 Å². The van der Waals surface area contributed by atoms with Gasteiger partial charge in [0.15, 0.2) is 17.3 Å². The zero-order chi connectivity index (χ0) is 20.6. The van der Waals surface area contributed by atoms with Gasteiger partial charge in [0.1, 0.15) is 6.33 Å². The molecule has 0 bridgehead atoms. The third-order valence-electron chi connectivity index (χ3n) is 3.84. The Balaban J connectivity index is 1.93. The second-order valence-electron chi connectivity index (χ2n) is 5.72. The molecular formula is C18H21N7O4. The summed E-state index contributed by atoms with van der Waals surface area (Å²) in [5, 5.41) is 24.2. The number of hydrogen-bond donors (Lipinski definition) is 3. The predicted octanol–water partition coefficient (Wildman–Crippen LogP) is 1.16. The fourth-order valence-corrected chi connectivity index (χ4v) is 2.59. The summed E-state index contributed by atoms with van der Waals surface area (Å²) in [4.78, 5) is 21.5. The number of methoxy groups -OCH3 is 1. The fraction of sp³-hybridized carbons (Fsp3) is 0.278. The topological polar surface area (TPSA) is 136 Å². The van der Waals surface area contributed by atoms with Gasteiger partial charge in [-0.05, 0) is 25.1 Å². The van der Waals surface area contributed by atoms with Crippen molar-refractivity contribution in [2.24, 2.45) is 0 Å². The first-order valence-corrected chi connectivity index (χ1v) is 8.86. The molecule has 2 heterocycles. The Morgan fingerprint density at radius 1 is 1.28 bits per heavy atom. The molecule has 0 unspecified atom stereocenters. The first-order valence-electron chi connectivity index (χ1n) is 8.86. The number of aliphatic hydroxyl groups excluding tert-OH is 1. The van der Waals surface area contributed by atoms with Crippen molar-refractivity contribution >= 4 is 17.3 Å². The monoisotopic (exact) mass is 399 g/mol. The van der Waals surface area contributed by atoms with E-state index in [1.807, 2.05) is 12.1 Å². The first kappa shape index (κ1) is 20.2. The van der Waals surface area contributed by atoms with E-state index >= 15 is 0 Å². The van der Waals surface area contributed by atoms with Crippen LogP contribution in [0, 0.1) is 0 Å². The number of anilines is 2. The van der Waals surface area contributed by atoms with Gasteiger partial charge in [0.05, 0.1) is 50.0 Å². The first-order chi connectivity index (χ1) is 14.2. The van der Waals surface area contributed by atoms with E-state index in [0.29, 0.717) is 41.7 Å². The van der Waals surface area contributed by atoms with Crippen molar-refractivity contribution in [3.05, 3.63) is 42.5 Å². The molecule has 152 valence electrons. The maximum atomic E-state index is 12.3. The van der Waals surface area contributed by atoms with Gasteiger partial charge < -0.3 is 15.2 Å². The van der Waals surface area contributed by atoms with Crippen LogP contribution in [0.25, 0.3) is 11.4 Å². The Hall–Kier alpha value is -3.57. The number of para-hydroxylation sites is 1. The Morgan fingerprint density at radius 3 is 2.90 bits per heavy atom. The highest BCUT2D eigenvalue weighted by Crippen LogP contribution is 2.36. The van der Waals surface area contributed by atoms with Gasteiger partial charge in [-0.25, -0.2) is 10.5 Å². The zero-order valence-corrected chi connectivity index (χ0v) is 16.0. The Labute approximate surface area is 166 Å². The minimum atomic E-state index is -0.526. The lowest BCUT2D eigenvalue weighted by molar-refractivity contribution is 0.0360. The third-order valence-corrected chi connectivity index (χ3v) is 3.84. The number of nitrogens with zero attached hydrogens (tertiary/aromatic N) is 5. The molecular weight excluding hydrogens is 378 g/mol. The molecule has 3 aromatic rings. The Morgan fingerprint density at radius 2 is 2.14 bits per heavy atom. The number of carbonyl (C=O) groups is 1. The van der Waals surface area contributed by atoms with Crippen LogP contribution in [0.1, 0.15) is 17.4 Å². The van der Waals surface area contributed by atoms with E-state index in [4.69, 9.17) is 14.7 Å². The van der Waals surface area contributed by atoms with Gasteiger partial charge in [0.2, 0.25) is 0 Å². The van der Waals surface area contributed by atoms with E-state index in [2.05, 4.69) is 31.1 Å². The number of ether oxygens (including phenoxy) is 1. The number of aromatic nitrogens is 5. The molecule has 3 N–H and O–H groups in total. The smallest absolute Gasteiger partial charge is 0.297 e. The van der Waals surface area contributed by atoms with Crippen molar-refractivity contribution in [2.45, 2.75) is 13.5 Å². The lowest BCUT2D eigenvalue weighted by Gasteiger charge is -2.15. The number of hydroxylamine groups is 1. The summed E-state index contributed by atoms with van der Waals surface area (Å²) in [6.45, 7) is 2.38. The summed E-state index contributed by atoms with van der Waals surface area (Å²) in [5.41, 5.74) is 4.03. The quantitative estimate of drug-likeness (QED) is 0.453. The minimum absolute atomic E-state index is 0.0385. The molecule has 0 aliphatic heterocycles. The average molecular weight is 399 g/mol. The van der Waals surface area contributed by atoms with Crippen LogP contribution in [0.4, 0.5) is 11.4 Å². The summed E-state index contributed by atoms with van der Waals surface area (Å²) in [6, 6.07) is 7.03. The SMILES string of the molecule is CCONC(=O)c1nnccc1Nc1cccc(-c2ncn(CCO)n2)c1OC. The van der Waals surface area contributed by atoms with Gasteiger partial charge in [-0.2, -0.15) is 10.2 Å². The van der Waals surface area contributed by atoms with Crippen molar-refractivity contribution < 1.29 is 19.5 Å². The molecule has 0 aliphatic rings. The van der Waals surface area contributed by atoms with E-state index in [0.717, 1.165) is 0 Å². The highest BCUT2D eigenvalue weighted by atomic mass is 16.6. The number of nitrogens with one attached hydrogen (secondary N) is 2. The molecule has 11 heteroatoms. The van der Waals surface area contributed by atoms with Crippen molar-refractivity contribution in [1.29, 1.82) is 0 Å². The number of benzene rings is 1. The summed E-state index contributed by atoms with van der Waals surface area (Å²) in [7, 11) is 1.53. The van der Waals surface area contributed by atoms with E-state index in [9.17, 15) is 4.79 Å². The number of carbonyl (C=O) groups excluding carboxylic acids is 1. The van der Waals surface area contributed by atoms with E-state index in [-0.39, 0.29) is 12.3 Å². The molecule has 2 aromatic heterocycles. The van der Waals surface area contributed by atoms with Gasteiger partial charge in [-0.15, -0.1) is 5.10 Å². The maximum Gasteiger partial charge on any atom is 0.297 e. The number of amides is 1. The fourth-order valence-electron chi connectivity index (χ4n) is 2.59. The second-order valence-corrected chi connectivity index (χ2v) is 5.72. The molecule has 0 radical (unpaired) electrons. The summed E-state index contributed by atoms with van der Waals surface area (Å²) >= 11 is 0. The van der Waals surface area contributed by atoms with Crippen LogP contribution < -0.4 is 15.5 Å². The standard InChI is InChI=1S/C18H21N7O4/c1-3-29-24-18(27)15-13(7-8-20-22-15)21-14-6-4-5-12(16(14)28-2)17-19-11-25(23-17)9-10-26/h4-8,11,26H,3,9-10H2,1-2H3,(H,20,21)(H,24,27). The summed E-state index contributed by atoms with van der Waals surface area (Å²) < 4.78 is 7.11. The van der Waals surface area contributed by atoms with Gasteiger partial charge in [-0.3, -0.25) is 14.3 Å². The van der Waals surface area contributed by atoms with E-state index < -0.39 is 5.91 Å². The number of hydrogen-bond acceptors (Lipinski definition) is 9. The molecule has 0 saturated heterocycles. The minimum Gasteiger partial charge on any atom is -0.494 e. The van der Waals surface area contributed by atoms with Crippen LogP contribution in [-0.4, -0.2) is 56.3 Å². The number of aliphatic hydroxyl groups is 1. The molecule has 0 atom stereocenters. The van der Waals surface area contributed by atoms with Crippen LogP contribution in [-0.2, 0) is 11.4 Å². The van der Waals surface area contributed by atoms with Gasteiger partial charge >= 0.3 is 0 Å². The Bertz CT molecular complexity index is 976. The normalized spacial score (nSPS) is 10.6. The molecule has 11 nitrogen and oxygen atoms in total. The summed E-state index contributed by atoms with van der Waals surface area (Å²) in [6.07, 6.45) is 3.00. The molecule has 1 aromatic carbocycles. The highest BCUT2D eigenvalue weighted by Gasteiger charge is 2.18. The van der Waals surface area contributed by atoms with Crippen molar-refractivity contribution in [2.75, 3.05) is 25.6 Å². The Kier molecular flexibility index (Phi) is 6.66. The maximum absolute atomic E-state index is 12.3. The number of rotatable bonds is 9. The van der Waals surface area contributed by atoms with Gasteiger partial charge in [0, 0.05) is 0 Å². The van der Waals surface area contributed by atoms with Crippen molar-refractivity contribution in [3.63, 3.8) is 0 Å². The molecule has 0 saturated carbocycles. The van der Waals surface area contributed by atoms with Crippen molar-refractivity contribution in [3.8, 4) is 17.1 Å². The predicted molar refractivity (Wildman–Crippen MR) is 104 cm³/mol. The van der Waals surface area contributed by atoms with Gasteiger partial charge in [0.25, 0.3) is 5.91 Å². The molecule has 0 spiro atoms. The molecule has 0 aliphatic carbocycles. The van der Waals surface area contributed by atoms with E-state index in [1.165, 1.54) is 24.3 Å². The molecule has 29 heavy (non-hydrogen) atoms. The van der Waals surface area contributed by atoms with Crippen LogP contribution in [0.15, 0.2) is 36.8 Å². The van der Waals surface area contributed by atoms with Gasteiger partial charge in [-0.1, -0.05) is 6.07 Å². The second kappa shape index (κ2) is 9.57.